The summed E-state index contributed by atoms with van der Waals surface area (Å²) >= 11 is 9.26. The lowest BCUT2D eigenvalue weighted by molar-refractivity contribution is -0.142. The normalized spacial score (nSPS) is 21.9. The molecule has 2 N–H and O–H groups in total. The highest BCUT2D eigenvalue weighted by Gasteiger charge is 2.37. The van der Waals surface area contributed by atoms with E-state index in [2.05, 4.69) is 21.2 Å². The number of anilines is 1. The van der Waals surface area contributed by atoms with Gasteiger partial charge in [-0.25, -0.2) is 4.79 Å². The van der Waals surface area contributed by atoms with Crippen LogP contribution >= 0.6 is 27.5 Å². The van der Waals surface area contributed by atoms with E-state index in [0.717, 1.165) is 0 Å². The monoisotopic (exact) mass is 360 g/mol. The van der Waals surface area contributed by atoms with Gasteiger partial charge in [0.1, 0.15) is 0 Å². The predicted octanol–water partition coefficient (Wildman–Crippen LogP) is 3.29. The number of likely N-dealkylation sites (tertiary alicyclic amines) is 1. The van der Waals surface area contributed by atoms with Gasteiger partial charge in [-0.1, -0.05) is 24.6 Å². The molecule has 0 bridgehead atoms. The minimum absolute atomic E-state index is 0.0546. The molecule has 5 nitrogen and oxygen atoms in total. The quantitative estimate of drug-likeness (QED) is 0.849. The Morgan fingerprint density at radius 2 is 2.15 bits per heavy atom. The number of carbonyl (C=O) groups is 2. The molecule has 0 spiro atoms. The van der Waals surface area contributed by atoms with Gasteiger partial charge in [-0.3, -0.25) is 4.79 Å². The number of amides is 2. The van der Waals surface area contributed by atoms with Crippen molar-refractivity contribution in [2.45, 2.75) is 6.92 Å². The molecule has 2 atom stereocenters. The maximum atomic E-state index is 12.1. The minimum atomic E-state index is -0.864. The van der Waals surface area contributed by atoms with Gasteiger partial charge >= 0.3 is 12.0 Å². The number of carboxylic acids is 1. The average molecular weight is 362 g/mol. The molecule has 1 aliphatic heterocycles. The Kier molecular flexibility index (Phi) is 4.55. The van der Waals surface area contributed by atoms with E-state index in [9.17, 15) is 9.59 Å². The predicted molar refractivity (Wildman–Crippen MR) is 80.0 cm³/mol. The number of halogens is 2. The van der Waals surface area contributed by atoms with Gasteiger partial charge in [-0.15, -0.1) is 0 Å². The van der Waals surface area contributed by atoms with Gasteiger partial charge in [0.25, 0.3) is 0 Å². The SMILES string of the molecule is C[C@@H]1CN(C(=O)Nc2cccc(Cl)c2Br)C[C@H]1C(=O)O. The molecule has 0 aliphatic carbocycles. The molecule has 0 unspecified atom stereocenters. The molecule has 0 saturated carbocycles. The first-order valence-corrected chi connectivity index (χ1v) is 7.30. The molecule has 1 saturated heterocycles. The number of carboxylic acid groups (broad SMARTS) is 1. The van der Waals surface area contributed by atoms with Crippen LogP contribution in [0.2, 0.25) is 5.02 Å². The Labute approximate surface area is 130 Å². The van der Waals surface area contributed by atoms with Crippen molar-refractivity contribution < 1.29 is 14.7 Å². The lowest BCUT2D eigenvalue weighted by atomic mass is 9.99. The molecule has 2 amide bonds. The second-order valence-corrected chi connectivity index (χ2v) is 6.06. The van der Waals surface area contributed by atoms with Crippen LogP contribution in [0.25, 0.3) is 0 Å². The zero-order chi connectivity index (χ0) is 14.9. The smallest absolute Gasteiger partial charge is 0.321 e. The van der Waals surface area contributed by atoms with E-state index in [1.54, 1.807) is 18.2 Å². The highest BCUT2D eigenvalue weighted by Crippen LogP contribution is 2.31. The second-order valence-electron chi connectivity index (χ2n) is 4.86. The number of aliphatic carboxylic acids is 1. The van der Waals surface area contributed by atoms with Crippen molar-refractivity contribution in [1.29, 1.82) is 0 Å². The van der Waals surface area contributed by atoms with Gasteiger partial charge in [-0.2, -0.15) is 0 Å². The summed E-state index contributed by atoms with van der Waals surface area (Å²) in [4.78, 5) is 24.7. The van der Waals surface area contributed by atoms with E-state index >= 15 is 0 Å². The average Bonchev–Trinajstić information content (AvgIpc) is 2.77. The summed E-state index contributed by atoms with van der Waals surface area (Å²) in [5.74, 6) is -1.43. The molecule has 2 rings (SSSR count). The summed E-state index contributed by atoms with van der Waals surface area (Å²) in [7, 11) is 0. The van der Waals surface area contributed by atoms with Gasteiger partial charge in [0.2, 0.25) is 0 Å². The topological polar surface area (TPSA) is 69.6 Å². The van der Waals surface area contributed by atoms with Crippen LogP contribution in [-0.2, 0) is 4.79 Å². The zero-order valence-electron chi connectivity index (χ0n) is 10.8. The molecular formula is C13H14BrClN2O3. The second kappa shape index (κ2) is 6.01. The summed E-state index contributed by atoms with van der Waals surface area (Å²) in [6.07, 6.45) is 0. The minimum Gasteiger partial charge on any atom is -0.481 e. The summed E-state index contributed by atoms with van der Waals surface area (Å²) in [6.45, 7) is 2.49. The largest absolute Gasteiger partial charge is 0.481 e. The molecule has 7 heteroatoms. The summed E-state index contributed by atoms with van der Waals surface area (Å²) in [5, 5.41) is 12.3. The number of hydrogen-bond acceptors (Lipinski definition) is 2. The lowest BCUT2D eigenvalue weighted by Gasteiger charge is -2.17. The number of nitrogens with zero attached hydrogens (tertiary/aromatic N) is 1. The van der Waals surface area contributed by atoms with E-state index in [1.807, 2.05) is 6.92 Å². The van der Waals surface area contributed by atoms with Crippen molar-refractivity contribution in [3.8, 4) is 0 Å². The Morgan fingerprint density at radius 3 is 2.75 bits per heavy atom. The molecule has 20 heavy (non-hydrogen) atoms. The fourth-order valence-electron chi connectivity index (χ4n) is 2.25. The number of benzene rings is 1. The molecule has 0 radical (unpaired) electrons. The third kappa shape index (κ3) is 3.07. The van der Waals surface area contributed by atoms with Crippen molar-refractivity contribution in [1.82, 2.24) is 4.90 Å². The maximum Gasteiger partial charge on any atom is 0.321 e. The van der Waals surface area contributed by atoms with Crippen LogP contribution in [0.5, 0.6) is 0 Å². The van der Waals surface area contributed by atoms with Gasteiger partial charge < -0.3 is 15.3 Å². The van der Waals surface area contributed by atoms with Crippen molar-refractivity contribution in [2.75, 3.05) is 18.4 Å². The standard InChI is InChI=1S/C13H14BrClN2O3/c1-7-5-17(6-8(7)12(18)19)13(20)16-10-4-2-3-9(15)11(10)14/h2-4,7-8H,5-6H2,1H3,(H,16,20)(H,18,19)/t7-,8-/m1/s1. The first kappa shape index (κ1) is 15.1. The molecule has 1 fully saturated rings. The van der Waals surface area contributed by atoms with Crippen molar-refractivity contribution in [3.05, 3.63) is 27.7 Å². The summed E-state index contributed by atoms with van der Waals surface area (Å²) < 4.78 is 0.608. The van der Waals surface area contributed by atoms with Crippen LogP contribution in [0.3, 0.4) is 0 Å². The Balaban J connectivity index is 2.06. The number of hydrogen-bond donors (Lipinski definition) is 2. The summed E-state index contributed by atoms with van der Waals surface area (Å²) in [6, 6.07) is 4.85. The first-order chi connectivity index (χ1) is 9.40. The molecular weight excluding hydrogens is 348 g/mol. The van der Waals surface area contributed by atoms with Gasteiger partial charge in [0.05, 0.1) is 21.1 Å². The van der Waals surface area contributed by atoms with Crippen LogP contribution in [0.4, 0.5) is 10.5 Å². The van der Waals surface area contributed by atoms with E-state index in [0.29, 0.717) is 21.7 Å². The van der Waals surface area contributed by atoms with E-state index in [1.165, 1.54) is 4.90 Å². The molecule has 1 aromatic carbocycles. The summed E-state index contributed by atoms with van der Waals surface area (Å²) in [5.41, 5.74) is 0.564. The number of nitrogens with one attached hydrogen (secondary N) is 1. The van der Waals surface area contributed by atoms with Crippen molar-refractivity contribution in [3.63, 3.8) is 0 Å². The molecule has 1 aliphatic rings. The Bertz CT molecular complexity index is 552. The van der Waals surface area contributed by atoms with Gasteiger partial charge in [-0.05, 0) is 34.0 Å². The number of carbonyl (C=O) groups excluding carboxylic acids is 1. The third-order valence-electron chi connectivity index (χ3n) is 3.41. The van der Waals surface area contributed by atoms with Crippen LogP contribution in [-0.4, -0.2) is 35.1 Å². The van der Waals surface area contributed by atoms with E-state index in [-0.39, 0.29) is 18.5 Å². The third-order valence-corrected chi connectivity index (χ3v) is 4.81. The lowest BCUT2D eigenvalue weighted by Crippen LogP contribution is -2.33. The zero-order valence-corrected chi connectivity index (χ0v) is 13.1. The Morgan fingerprint density at radius 1 is 1.45 bits per heavy atom. The van der Waals surface area contributed by atoms with E-state index in [4.69, 9.17) is 16.7 Å². The fourth-order valence-corrected chi connectivity index (χ4v) is 2.79. The molecule has 1 heterocycles. The van der Waals surface area contributed by atoms with Crippen molar-refractivity contribution >= 4 is 45.2 Å². The van der Waals surface area contributed by atoms with Crippen LogP contribution in [0.15, 0.2) is 22.7 Å². The van der Waals surface area contributed by atoms with Gasteiger partial charge in [0.15, 0.2) is 0 Å². The highest BCUT2D eigenvalue weighted by molar-refractivity contribution is 9.10. The van der Waals surface area contributed by atoms with Crippen LogP contribution < -0.4 is 5.32 Å². The number of rotatable bonds is 2. The van der Waals surface area contributed by atoms with Crippen molar-refractivity contribution in [2.24, 2.45) is 11.8 Å². The first-order valence-electron chi connectivity index (χ1n) is 6.13. The molecule has 108 valence electrons. The molecule has 0 aromatic heterocycles. The number of urea groups is 1. The van der Waals surface area contributed by atoms with Crippen LogP contribution in [0, 0.1) is 11.8 Å². The maximum absolute atomic E-state index is 12.1. The highest BCUT2D eigenvalue weighted by atomic mass is 79.9. The van der Waals surface area contributed by atoms with Crippen LogP contribution in [0.1, 0.15) is 6.92 Å². The van der Waals surface area contributed by atoms with E-state index < -0.39 is 11.9 Å². The fraction of sp³-hybridized carbons (Fsp3) is 0.385. The molecule has 1 aromatic rings. The van der Waals surface area contributed by atoms with Gasteiger partial charge in [0, 0.05) is 13.1 Å². The Hall–Kier alpha value is -1.27.